The highest BCUT2D eigenvalue weighted by Crippen LogP contribution is 2.34. The van der Waals surface area contributed by atoms with Crippen molar-refractivity contribution in [1.29, 1.82) is 0 Å². The van der Waals surface area contributed by atoms with E-state index in [1.165, 1.54) is 24.0 Å². The Bertz CT molecular complexity index is 638. The molecule has 1 saturated carbocycles. The van der Waals surface area contributed by atoms with Crippen LogP contribution in [0.25, 0.3) is 0 Å². The first-order valence-corrected chi connectivity index (χ1v) is 8.99. The van der Waals surface area contributed by atoms with Crippen molar-refractivity contribution in [3.63, 3.8) is 0 Å². The fourth-order valence-corrected chi connectivity index (χ4v) is 3.63. The number of nitrogens with two attached hydrogens (primary N) is 2. The van der Waals surface area contributed by atoms with Crippen LogP contribution in [0.1, 0.15) is 55.2 Å². The molecule has 0 unspecified atom stereocenters. The zero-order chi connectivity index (χ0) is 16.9. The van der Waals surface area contributed by atoms with Gasteiger partial charge in [-0.2, -0.15) is 0 Å². The molecule has 0 atom stereocenters. The predicted octanol–water partition coefficient (Wildman–Crippen LogP) is 4.66. The van der Waals surface area contributed by atoms with Crippen molar-refractivity contribution >= 4 is 11.4 Å². The van der Waals surface area contributed by atoms with Crippen LogP contribution in [0.2, 0.25) is 0 Å². The summed E-state index contributed by atoms with van der Waals surface area (Å²) in [5.41, 5.74) is 17.0. The van der Waals surface area contributed by atoms with Crippen LogP contribution in [-0.4, -0.2) is 6.10 Å². The van der Waals surface area contributed by atoms with E-state index in [0.717, 1.165) is 24.8 Å². The molecular weight excluding hydrogens is 296 g/mol. The molecule has 1 aliphatic carbocycles. The molecule has 0 heterocycles. The van der Waals surface area contributed by atoms with E-state index in [2.05, 4.69) is 31.2 Å². The van der Waals surface area contributed by atoms with Crippen molar-refractivity contribution in [2.75, 3.05) is 11.5 Å². The van der Waals surface area contributed by atoms with Crippen molar-refractivity contribution in [1.82, 2.24) is 0 Å². The van der Waals surface area contributed by atoms with Crippen molar-refractivity contribution in [2.45, 2.75) is 57.7 Å². The molecule has 4 N–H and O–H groups in total. The fraction of sp³-hybridized carbons (Fsp3) is 0.429. The molecule has 1 fully saturated rings. The lowest BCUT2D eigenvalue weighted by molar-refractivity contribution is 0.0133. The highest BCUT2D eigenvalue weighted by atomic mass is 16.5. The summed E-state index contributed by atoms with van der Waals surface area (Å²) in [6.45, 7) is 2.79. The van der Waals surface area contributed by atoms with Gasteiger partial charge in [-0.15, -0.1) is 0 Å². The van der Waals surface area contributed by atoms with Gasteiger partial charge in [-0.3, -0.25) is 0 Å². The number of nitrogen functional groups attached to an aromatic ring is 2. The van der Waals surface area contributed by atoms with Crippen molar-refractivity contribution < 1.29 is 4.74 Å². The van der Waals surface area contributed by atoms with Gasteiger partial charge >= 0.3 is 0 Å². The zero-order valence-electron chi connectivity index (χ0n) is 14.5. The first-order valence-electron chi connectivity index (χ1n) is 8.99. The van der Waals surface area contributed by atoms with Crippen LogP contribution < -0.4 is 11.5 Å². The zero-order valence-corrected chi connectivity index (χ0v) is 14.5. The topological polar surface area (TPSA) is 61.3 Å². The lowest BCUT2D eigenvalue weighted by Gasteiger charge is -2.29. The van der Waals surface area contributed by atoms with Crippen LogP contribution in [0.5, 0.6) is 0 Å². The molecule has 128 valence electrons. The lowest BCUT2D eigenvalue weighted by atomic mass is 9.82. The SMILES string of the molecule is CCc1ccc(C2CCC(OCc3cc(N)cc(N)c3)CC2)cc1. The van der Waals surface area contributed by atoms with Crippen LogP contribution in [0.3, 0.4) is 0 Å². The van der Waals surface area contributed by atoms with Gasteiger partial charge in [0.15, 0.2) is 0 Å². The molecule has 0 radical (unpaired) electrons. The van der Waals surface area contributed by atoms with Gasteiger partial charge in [-0.05, 0) is 72.9 Å². The molecule has 0 aromatic heterocycles. The number of hydrogen-bond acceptors (Lipinski definition) is 3. The lowest BCUT2D eigenvalue weighted by Crippen LogP contribution is -2.20. The highest BCUT2D eigenvalue weighted by Gasteiger charge is 2.22. The Morgan fingerprint density at radius 2 is 1.50 bits per heavy atom. The number of hydrogen-bond donors (Lipinski definition) is 2. The van der Waals surface area contributed by atoms with Crippen LogP contribution in [-0.2, 0) is 17.8 Å². The number of ether oxygens (including phenoxy) is 1. The summed E-state index contributed by atoms with van der Waals surface area (Å²) >= 11 is 0. The van der Waals surface area contributed by atoms with Crippen LogP contribution >= 0.6 is 0 Å². The Morgan fingerprint density at radius 1 is 0.875 bits per heavy atom. The predicted molar refractivity (Wildman–Crippen MR) is 101 cm³/mol. The fourth-order valence-electron chi connectivity index (χ4n) is 3.63. The van der Waals surface area contributed by atoms with Gasteiger partial charge in [0.05, 0.1) is 12.7 Å². The van der Waals surface area contributed by atoms with Gasteiger partial charge in [-0.1, -0.05) is 31.2 Å². The maximum Gasteiger partial charge on any atom is 0.0722 e. The molecular formula is C21H28N2O. The van der Waals surface area contributed by atoms with E-state index in [1.807, 2.05) is 12.1 Å². The first-order chi connectivity index (χ1) is 11.6. The van der Waals surface area contributed by atoms with Crippen LogP contribution in [0, 0.1) is 0 Å². The Kier molecular flexibility index (Phi) is 5.41. The first kappa shape index (κ1) is 16.8. The Morgan fingerprint density at radius 3 is 2.08 bits per heavy atom. The van der Waals surface area contributed by atoms with E-state index in [-0.39, 0.29) is 0 Å². The molecule has 0 aliphatic heterocycles. The third-order valence-electron chi connectivity index (χ3n) is 5.06. The smallest absolute Gasteiger partial charge is 0.0722 e. The second kappa shape index (κ2) is 7.71. The minimum atomic E-state index is 0.346. The van der Waals surface area contributed by atoms with E-state index < -0.39 is 0 Å². The molecule has 0 amide bonds. The minimum Gasteiger partial charge on any atom is -0.399 e. The summed E-state index contributed by atoms with van der Waals surface area (Å²) in [7, 11) is 0. The van der Waals surface area contributed by atoms with Crippen molar-refractivity contribution in [3.05, 3.63) is 59.2 Å². The van der Waals surface area contributed by atoms with Gasteiger partial charge in [0.25, 0.3) is 0 Å². The second-order valence-corrected chi connectivity index (χ2v) is 6.89. The number of rotatable bonds is 5. The third kappa shape index (κ3) is 4.30. The quantitative estimate of drug-likeness (QED) is 0.787. The van der Waals surface area contributed by atoms with Gasteiger partial charge in [0.2, 0.25) is 0 Å². The molecule has 3 nitrogen and oxygen atoms in total. The molecule has 2 aromatic rings. The molecule has 0 spiro atoms. The average Bonchev–Trinajstić information content (AvgIpc) is 2.60. The highest BCUT2D eigenvalue weighted by molar-refractivity contribution is 5.54. The normalized spacial score (nSPS) is 20.9. The van der Waals surface area contributed by atoms with Crippen molar-refractivity contribution in [3.8, 4) is 0 Å². The molecule has 24 heavy (non-hydrogen) atoms. The molecule has 1 aliphatic rings. The maximum absolute atomic E-state index is 6.09. The Labute approximate surface area is 145 Å². The Hall–Kier alpha value is -2.00. The average molecular weight is 324 g/mol. The van der Waals surface area contributed by atoms with Gasteiger partial charge in [0, 0.05) is 11.4 Å². The summed E-state index contributed by atoms with van der Waals surface area (Å²) in [5.74, 6) is 0.679. The van der Waals surface area contributed by atoms with Gasteiger partial charge in [0.1, 0.15) is 0 Å². The van der Waals surface area contributed by atoms with E-state index in [0.29, 0.717) is 30.0 Å². The van der Waals surface area contributed by atoms with Crippen molar-refractivity contribution in [2.24, 2.45) is 0 Å². The number of anilines is 2. The van der Waals surface area contributed by atoms with E-state index in [9.17, 15) is 0 Å². The minimum absolute atomic E-state index is 0.346. The summed E-state index contributed by atoms with van der Waals surface area (Å²) in [6, 6.07) is 14.8. The van der Waals surface area contributed by atoms with E-state index >= 15 is 0 Å². The van der Waals surface area contributed by atoms with Crippen LogP contribution in [0.15, 0.2) is 42.5 Å². The molecule has 3 rings (SSSR count). The number of aryl methyl sites for hydroxylation is 1. The molecule has 3 heteroatoms. The van der Waals surface area contributed by atoms with Gasteiger partial charge < -0.3 is 16.2 Å². The third-order valence-corrected chi connectivity index (χ3v) is 5.06. The van der Waals surface area contributed by atoms with Crippen LogP contribution in [0.4, 0.5) is 11.4 Å². The summed E-state index contributed by atoms with van der Waals surface area (Å²) < 4.78 is 6.09. The summed E-state index contributed by atoms with van der Waals surface area (Å²) in [5, 5.41) is 0. The Balaban J connectivity index is 1.49. The second-order valence-electron chi connectivity index (χ2n) is 6.89. The molecule has 0 saturated heterocycles. The molecule has 2 aromatic carbocycles. The number of benzene rings is 2. The molecule has 0 bridgehead atoms. The summed E-state index contributed by atoms with van der Waals surface area (Å²) in [4.78, 5) is 0. The van der Waals surface area contributed by atoms with Gasteiger partial charge in [-0.25, -0.2) is 0 Å². The van der Waals surface area contributed by atoms with E-state index in [4.69, 9.17) is 16.2 Å². The van der Waals surface area contributed by atoms with E-state index in [1.54, 1.807) is 6.07 Å². The monoisotopic (exact) mass is 324 g/mol. The standard InChI is InChI=1S/C21H28N2O/c1-2-15-3-5-17(6-4-15)18-7-9-21(10-8-18)24-14-16-11-19(22)13-20(23)12-16/h3-6,11-13,18,21H,2,7-10,14,22-23H2,1H3. The largest absolute Gasteiger partial charge is 0.399 e. The summed E-state index contributed by atoms with van der Waals surface area (Å²) in [6.07, 6.45) is 6.11. The maximum atomic E-state index is 6.09.